The lowest BCUT2D eigenvalue weighted by atomic mass is 10.1. The van der Waals surface area contributed by atoms with Gasteiger partial charge in [-0.2, -0.15) is 0 Å². The van der Waals surface area contributed by atoms with E-state index in [-0.39, 0.29) is 0 Å². The van der Waals surface area contributed by atoms with Crippen molar-refractivity contribution in [1.29, 1.82) is 0 Å². The molecule has 114 valence electrons. The molecular formula is C16H15IN2O3. The Morgan fingerprint density at radius 3 is 2.32 bits per heavy atom. The molecule has 2 N–H and O–H groups in total. The third-order valence-electron chi connectivity index (χ3n) is 3.03. The van der Waals surface area contributed by atoms with Crippen LogP contribution in [0.2, 0.25) is 0 Å². The van der Waals surface area contributed by atoms with Crippen molar-refractivity contribution in [1.82, 2.24) is 0 Å². The average Bonchev–Trinajstić information content (AvgIpc) is 2.49. The zero-order valence-corrected chi connectivity index (χ0v) is 14.3. The number of ether oxygens (including phenoxy) is 1. The van der Waals surface area contributed by atoms with Gasteiger partial charge in [-0.05, 0) is 53.3 Å². The van der Waals surface area contributed by atoms with E-state index in [1.165, 1.54) is 7.11 Å². The molecule has 0 saturated heterocycles. The fourth-order valence-electron chi connectivity index (χ4n) is 1.98. The second-order valence-electron chi connectivity index (χ2n) is 4.55. The molecule has 0 fully saturated rings. The Kier molecular flexibility index (Phi) is 5.37. The van der Waals surface area contributed by atoms with E-state index in [4.69, 9.17) is 4.74 Å². The quantitative estimate of drug-likeness (QED) is 0.593. The number of carbonyl (C=O) groups is 2. The molecule has 0 aliphatic heterocycles. The van der Waals surface area contributed by atoms with Crippen LogP contribution in [0.5, 0.6) is 0 Å². The molecule has 0 unspecified atom stereocenters. The van der Waals surface area contributed by atoms with E-state index >= 15 is 0 Å². The van der Waals surface area contributed by atoms with Crippen molar-refractivity contribution in [2.75, 3.05) is 17.7 Å². The summed E-state index contributed by atoms with van der Waals surface area (Å²) in [5.41, 5.74) is 2.20. The molecule has 0 heterocycles. The average molecular weight is 410 g/mol. The van der Waals surface area contributed by atoms with Crippen LogP contribution in [0.25, 0.3) is 0 Å². The molecule has 6 heteroatoms. The SMILES string of the molecule is COC(=O)c1c(C)cccc1NC(=O)Nc1ccccc1I. The first-order valence-corrected chi connectivity index (χ1v) is 7.61. The van der Waals surface area contributed by atoms with Gasteiger partial charge in [0, 0.05) is 3.57 Å². The van der Waals surface area contributed by atoms with Crippen LogP contribution in [0.3, 0.4) is 0 Å². The Morgan fingerprint density at radius 2 is 1.64 bits per heavy atom. The van der Waals surface area contributed by atoms with Crippen molar-refractivity contribution in [3.8, 4) is 0 Å². The van der Waals surface area contributed by atoms with Crippen molar-refractivity contribution in [2.45, 2.75) is 6.92 Å². The van der Waals surface area contributed by atoms with Gasteiger partial charge in [-0.15, -0.1) is 0 Å². The number of nitrogens with one attached hydrogen (secondary N) is 2. The van der Waals surface area contributed by atoms with E-state index in [2.05, 4.69) is 33.2 Å². The lowest BCUT2D eigenvalue weighted by Gasteiger charge is -2.13. The van der Waals surface area contributed by atoms with Crippen LogP contribution in [0.4, 0.5) is 16.2 Å². The van der Waals surface area contributed by atoms with Gasteiger partial charge in [0.1, 0.15) is 0 Å². The fraction of sp³-hybridized carbons (Fsp3) is 0.125. The summed E-state index contributed by atoms with van der Waals surface area (Å²) in [6.07, 6.45) is 0. The van der Waals surface area contributed by atoms with Crippen molar-refractivity contribution in [3.05, 3.63) is 57.2 Å². The molecule has 0 spiro atoms. The van der Waals surface area contributed by atoms with Crippen molar-refractivity contribution in [2.24, 2.45) is 0 Å². The first kappa shape index (κ1) is 16.3. The van der Waals surface area contributed by atoms with Crippen LogP contribution in [0.1, 0.15) is 15.9 Å². The molecule has 0 aliphatic rings. The summed E-state index contributed by atoms with van der Waals surface area (Å²) >= 11 is 2.14. The summed E-state index contributed by atoms with van der Waals surface area (Å²) in [4.78, 5) is 24.0. The third-order valence-corrected chi connectivity index (χ3v) is 3.97. The molecular weight excluding hydrogens is 395 g/mol. The maximum atomic E-state index is 12.1. The normalized spacial score (nSPS) is 9.95. The second-order valence-corrected chi connectivity index (χ2v) is 5.71. The first-order valence-electron chi connectivity index (χ1n) is 6.53. The number of methoxy groups -OCH3 is 1. The van der Waals surface area contributed by atoms with Crippen molar-refractivity contribution >= 4 is 46.0 Å². The third kappa shape index (κ3) is 3.76. The van der Waals surface area contributed by atoms with E-state index in [1.54, 1.807) is 31.2 Å². The summed E-state index contributed by atoms with van der Waals surface area (Å²) in [5, 5.41) is 5.44. The van der Waals surface area contributed by atoms with Crippen molar-refractivity contribution in [3.63, 3.8) is 0 Å². The highest BCUT2D eigenvalue weighted by Crippen LogP contribution is 2.22. The van der Waals surface area contributed by atoms with Gasteiger partial charge in [0.25, 0.3) is 0 Å². The van der Waals surface area contributed by atoms with Gasteiger partial charge in [-0.1, -0.05) is 24.3 Å². The van der Waals surface area contributed by atoms with Gasteiger partial charge in [0.15, 0.2) is 0 Å². The zero-order chi connectivity index (χ0) is 16.1. The summed E-state index contributed by atoms with van der Waals surface area (Å²) < 4.78 is 5.69. The van der Waals surface area contributed by atoms with E-state index in [9.17, 15) is 9.59 Å². The predicted molar refractivity (Wildman–Crippen MR) is 94.3 cm³/mol. The minimum Gasteiger partial charge on any atom is -0.465 e. The maximum Gasteiger partial charge on any atom is 0.340 e. The van der Waals surface area contributed by atoms with Crippen LogP contribution in [0.15, 0.2) is 42.5 Å². The molecule has 0 atom stereocenters. The number of esters is 1. The zero-order valence-electron chi connectivity index (χ0n) is 12.1. The van der Waals surface area contributed by atoms with E-state index < -0.39 is 12.0 Å². The van der Waals surface area contributed by atoms with Gasteiger partial charge in [0.05, 0.1) is 24.0 Å². The van der Waals surface area contributed by atoms with Crippen LogP contribution in [0, 0.1) is 10.5 Å². The highest BCUT2D eigenvalue weighted by atomic mass is 127. The monoisotopic (exact) mass is 410 g/mol. The van der Waals surface area contributed by atoms with Crippen LogP contribution < -0.4 is 10.6 Å². The maximum absolute atomic E-state index is 12.1. The Bertz CT molecular complexity index is 716. The highest BCUT2D eigenvalue weighted by Gasteiger charge is 2.16. The lowest BCUT2D eigenvalue weighted by Crippen LogP contribution is -2.22. The van der Waals surface area contributed by atoms with Gasteiger partial charge < -0.3 is 15.4 Å². The number of hydrogen-bond donors (Lipinski definition) is 2. The predicted octanol–water partition coefficient (Wildman–Crippen LogP) is 4.03. The molecule has 0 radical (unpaired) electrons. The number of aryl methyl sites for hydroxylation is 1. The summed E-state index contributed by atoms with van der Waals surface area (Å²) in [6, 6.07) is 12.2. The highest BCUT2D eigenvalue weighted by molar-refractivity contribution is 14.1. The number of benzene rings is 2. The summed E-state index contributed by atoms with van der Waals surface area (Å²) in [6.45, 7) is 1.79. The van der Waals surface area contributed by atoms with Crippen LogP contribution >= 0.6 is 22.6 Å². The van der Waals surface area contributed by atoms with E-state index in [1.807, 2.05) is 18.2 Å². The summed E-state index contributed by atoms with van der Waals surface area (Å²) in [5.74, 6) is -0.484. The Hall–Kier alpha value is -2.09. The number of rotatable bonds is 3. The number of urea groups is 1. The van der Waals surface area contributed by atoms with E-state index in [0.717, 1.165) is 9.13 Å². The molecule has 0 bridgehead atoms. The Labute approximate surface area is 142 Å². The number of para-hydroxylation sites is 1. The fourth-order valence-corrected chi connectivity index (χ4v) is 2.51. The smallest absolute Gasteiger partial charge is 0.340 e. The second kappa shape index (κ2) is 7.26. The van der Waals surface area contributed by atoms with Gasteiger partial charge in [-0.3, -0.25) is 0 Å². The minimum atomic E-state index is -0.484. The molecule has 0 aromatic heterocycles. The Morgan fingerprint density at radius 1 is 1.00 bits per heavy atom. The molecule has 0 aliphatic carbocycles. The number of amides is 2. The largest absolute Gasteiger partial charge is 0.465 e. The summed E-state index contributed by atoms with van der Waals surface area (Å²) in [7, 11) is 1.31. The number of hydrogen-bond acceptors (Lipinski definition) is 3. The van der Waals surface area contributed by atoms with E-state index in [0.29, 0.717) is 16.9 Å². The molecule has 0 saturated carbocycles. The number of anilines is 2. The molecule has 2 aromatic carbocycles. The standard InChI is InChI=1S/C16H15IN2O3/c1-10-6-5-9-13(14(10)15(20)22-2)19-16(21)18-12-8-4-3-7-11(12)17/h3-9H,1-2H3,(H2,18,19,21). The molecule has 22 heavy (non-hydrogen) atoms. The minimum absolute atomic E-state index is 0.350. The molecule has 2 rings (SSSR count). The number of halogens is 1. The first-order chi connectivity index (χ1) is 10.5. The van der Waals surface area contributed by atoms with Crippen LogP contribution in [-0.2, 0) is 4.74 Å². The topological polar surface area (TPSA) is 67.4 Å². The number of carbonyl (C=O) groups excluding carboxylic acids is 2. The van der Waals surface area contributed by atoms with Gasteiger partial charge in [0.2, 0.25) is 0 Å². The lowest BCUT2D eigenvalue weighted by molar-refractivity contribution is 0.0601. The van der Waals surface area contributed by atoms with Crippen molar-refractivity contribution < 1.29 is 14.3 Å². The van der Waals surface area contributed by atoms with Gasteiger partial charge >= 0.3 is 12.0 Å². The van der Waals surface area contributed by atoms with Crippen LogP contribution in [-0.4, -0.2) is 19.1 Å². The molecule has 2 aromatic rings. The Balaban J connectivity index is 2.21. The van der Waals surface area contributed by atoms with Gasteiger partial charge in [-0.25, -0.2) is 9.59 Å². The molecule has 5 nitrogen and oxygen atoms in total. The molecule has 2 amide bonds.